The van der Waals surface area contributed by atoms with Crippen molar-refractivity contribution in [3.05, 3.63) is 161 Å². The Balaban J connectivity index is 0.000000146. The zero-order valence-electron chi connectivity index (χ0n) is 73.9. The molecule has 32 nitrogen and oxygen atoms in total. The lowest BCUT2D eigenvalue weighted by Crippen LogP contribution is -2.47. The molecule has 672 valence electrons. The Morgan fingerprint density at radius 2 is 0.675 bits per heavy atom. The highest BCUT2D eigenvalue weighted by molar-refractivity contribution is 6.11. The first-order valence-electron chi connectivity index (χ1n) is 44.0. The van der Waals surface area contributed by atoms with Crippen LogP contribution in [0.15, 0.2) is 134 Å². The molecular formula is C94H121N17O15. The number of carbonyl (C=O) groups excluding carboxylic acids is 11. The molecule has 10 aromatic rings. The van der Waals surface area contributed by atoms with Gasteiger partial charge in [0.25, 0.3) is 0 Å². The van der Waals surface area contributed by atoms with E-state index < -0.39 is 0 Å². The van der Waals surface area contributed by atoms with Gasteiger partial charge in [-0.2, -0.15) is 44.7 Å². The number of carbonyl (C=O) groups is 7. The second-order valence-electron chi connectivity index (χ2n) is 33.5. The highest BCUT2D eigenvalue weighted by Crippen LogP contribution is 2.34. The zero-order valence-corrected chi connectivity index (χ0v) is 73.9. The highest BCUT2D eigenvalue weighted by Gasteiger charge is 2.41. The van der Waals surface area contributed by atoms with Crippen molar-refractivity contribution >= 4 is 108 Å². The first-order valence-corrected chi connectivity index (χ1v) is 44.0. The quantitative estimate of drug-likeness (QED) is 0.0321. The van der Waals surface area contributed by atoms with Crippen molar-refractivity contribution in [2.75, 3.05) is 138 Å². The summed E-state index contributed by atoms with van der Waals surface area (Å²) in [7, 11) is 9.38. The summed E-state index contributed by atoms with van der Waals surface area (Å²) in [5.74, 6) is 7.40. The fourth-order valence-electron chi connectivity index (χ4n) is 17.8. The number of allylic oxidation sites excluding steroid dienone is 1. The number of fused-ring (bicyclic) bond motifs is 5. The van der Waals surface area contributed by atoms with Crippen LogP contribution >= 0.6 is 0 Å². The molecule has 2 N–H and O–H groups in total. The summed E-state index contributed by atoms with van der Waals surface area (Å²) in [4.78, 5) is 128. The van der Waals surface area contributed by atoms with Crippen LogP contribution < -0.4 is 5.84 Å². The van der Waals surface area contributed by atoms with E-state index in [4.69, 9.17) is 44.0 Å². The van der Waals surface area contributed by atoms with Crippen LogP contribution in [0.25, 0.3) is 54.5 Å². The third-order valence-electron chi connectivity index (χ3n) is 24.4. The van der Waals surface area contributed by atoms with Crippen molar-refractivity contribution in [3.8, 4) is 0 Å². The van der Waals surface area contributed by atoms with Crippen LogP contribution in [-0.4, -0.2) is 281 Å². The first-order chi connectivity index (χ1) is 60.9. The standard InChI is InChI=1S/C18H25N3O.C18H23N3O.C17H21N3O3.C17H21N3O2.C15H17N3O2.C7H14N2O2.2CO2/c2*1-3-5-14-8-10-21(11-9-14)13-18(22)15-6-4-7-17-16(15)12-20(2)19-17;1-19-11-14-13(3-2-4-15(14)18-19)16(21)12-20-7-5-17(6-8-20)22-9-10-23-17;1-19-11-15-14(3-2-4-16(15)18-19)17(22)12-20-8-5-13(6-9-20)7-10-21;1-17-9-13-12(3-2-4-14(13)16-17)15(20)10-18-7-5-11(19)6-8-18;8-9-3-1-7(2-4-9)10-5-6-11-7;2*2-1-3/h4,6-7,12,14H,3,5,8-11,13H2,1-2H3;4-7,12H,3,8-11,13H2,1-2H3;2-4,11H,5-10,12H2,1H3;2-4,10-11,13H,5-9,12H2,1H3;2-4,9H,5-8,10H2,1H3;1-6,8H2;;. The molecule has 2 spiro atoms. The number of hydrogen-bond donors (Lipinski definition) is 1. The molecule has 0 bridgehead atoms. The molecule has 8 saturated heterocycles. The molecule has 8 aliphatic rings. The van der Waals surface area contributed by atoms with Gasteiger partial charge in [-0.1, -0.05) is 99.0 Å². The van der Waals surface area contributed by atoms with E-state index in [1.807, 2.05) is 162 Å². The number of nitrogens with two attached hydrogens (primary N) is 1. The number of ether oxygens (including phenoxy) is 4. The van der Waals surface area contributed by atoms with Crippen molar-refractivity contribution in [1.82, 2.24) is 78.4 Å². The number of aldehydes is 1. The van der Waals surface area contributed by atoms with E-state index in [9.17, 15) is 33.6 Å². The molecule has 0 radical (unpaired) electrons. The van der Waals surface area contributed by atoms with E-state index in [1.165, 1.54) is 25.7 Å². The number of likely N-dealkylation sites (tertiary alicyclic amines) is 5. The number of hydrogen-bond acceptors (Lipinski definition) is 27. The zero-order chi connectivity index (χ0) is 89.7. The van der Waals surface area contributed by atoms with Gasteiger partial charge in [-0.15, -0.1) is 0 Å². The molecule has 0 aliphatic carbocycles. The van der Waals surface area contributed by atoms with E-state index in [2.05, 4.69) is 69.9 Å². The number of ketones is 6. The van der Waals surface area contributed by atoms with Gasteiger partial charge in [-0.05, 0) is 113 Å². The predicted octanol–water partition coefficient (Wildman–Crippen LogP) is 10.1. The van der Waals surface area contributed by atoms with Crippen LogP contribution in [0, 0.1) is 11.8 Å². The topological polar surface area (TPSA) is 359 Å². The number of nitrogens with zero attached hydrogens (tertiary/aromatic N) is 16. The largest absolute Gasteiger partial charge is 0.373 e. The van der Waals surface area contributed by atoms with Crippen molar-refractivity contribution in [2.24, 2.45) is 52.9 Å². The van der Waals surface area contributed by atoms with Crippen LogP contribution in [0.5, 0.6) is 0 Å². The molecule has 0 atom stereocenters. The smallest absolute Gasteiger partial charge is 0.347 e. The monoisotopic (exact) mass is 1730 g/mol. The van der Waals surface area contributed by atoms with E-state index >= 15 is 0 Å². The van der Waals surface area contributed by atoms with E-state index in [0.717, 1.165) is 225 Å². The van der Waals surface area contributed by atoms with Gasteiger partial charge in [-0.3, -0.25) is 82.5 Å². The van der Waals surface area contributed by atoms with E-state index in [0.29, 0.717) is 95.6 Å². The van der Waals surface area contributed by atoms with Gasteiger partial charge in [-0.25, -0.2) is 5.01 Å². The Morgan fingerprint density at radius 3 is 0.960 bits per heavy atom. The van der Waals surface area contributed by atoms with Crippen molar-refractivity contribution in [1.29, 1.82) is 0 Å². The number of Topliss-reactive ketones (excluding diaryl/α,β-unsaturated/α-hetero) is 6. The number of rotatable bonds is 20. The summed E-state index contributed by atoms with van der Waals surface area (Å²) in [6.45, 7) is 20.2. The molecule has 32 heteroatoms. The van der Waals surface area contributed by atoms with Crippen molar-refractivity contribution < 1.29 is 71.7 Å². The molecule has 0 unspecified atom stereocenters. The lowest BCUT2D eigenvalue weighted by molar-refractivity contribution is -0.193. The lowest BCUT2D eigenvalue weighted by Gasteiger charge is -2.37. The van der Waals surface area contributed by atoms with Gasteiger partial charge in [0, 0.05) is 218 Å². The summed E-state index contributed by atoms with van der Waals surface area (Å²) in [5.41, 5.74) is 9.71. The predicted molar refractivity (Wildman–Crippen MR) is 474 cm³/mol. The molecule has 0 saturated carbocycles. The fourth-order valence-corrected chi connectivity index (χ4v) is 17.8. The average Bonchev–Trinajstić information content (AvgIpc) is 1.63. The van der Waals surface area contributed by atoms with Gasteiger partial charge in [0.15, 0.2) is 40.5 Å². The highest BCUT2D eigenvalue weighted by atomic mass is 16.7. The average molecular weight is 1730 g/mol. The Morgan fingerprint density at radius 1 is 0.405 bits per heavy atom. The maximum absolute atomic E-state index is 12.7. The maximum atomic E-state index is 12.7. The van der Waals surface area contributed by atoms with E-state index in [1.54, 1.807) is 29.0 Å². The van der Waals surface area contributed by atoms with Gasteiger partial charge in [0.2, 0.25) is 0 Å². The number of aryl methyl sites for hydroxylation is 5. The summed E-state index contributed by atoms with van der Waals surface area (Å²) in [5, 5.41) is 28.3. The van der Waals surface area contributed by atoms with E-state index in [-0.39, 0.29) is 52.8 Å². The lowest BCUT2D eigenvalue weighted by atomic mass is 9.92. The Kier molecular flexibility index (Phi) is 35.9. The molecule has 13 heterocycles. The molecule has 126 heavy (non-hydrogen) atoms. The van der Waals surface area contributed by atoms with Crippen LogP contribution in [0.2, 0.25) is 0 Å². The Hall–Kier alpha value is -10.8. The molecule has 5 aromatic carbocycles. The van der Waals surface area contributed by atoms with Crippen LogP contribution in [-0.2, 0) is 83.0 Å². The third-order valence-corrected chi connectivity index (χ3v) is 24.4. The minimum Gasteiger partial charge on any atom is -0.347 e. The number of benzene rings is 5. The number of aromatic nitrogens is 10. The molecule has 0 amide bonds. The second-order valence-corrected chi connectivity index (χ2v) is 33.5. The first kappa shape index (κ1) is 95.8. The van der Waals surface area contributed by atoms with Crippen LogP contribution in [0.4, 0.5) is 0 Å². The molecule has 8 fully saturated rings. The van der Waals surface area contributed by atoms with Gasteiger partial charge in [0.1, 0.15) is 12.1 Å². The summed E-state index contributed by atoms with van der Waals surface area (Å²) >= 11 is 0. The third kappa shape index (κ3) is 26.9. The second kappa shape index (κ2) is 47.1. The van der Waals surface area contributed by atoms with Crippen LogP contribution in [0.1, 0.15) is 168 Å². The molecule has 18 rings (SSSR count). The van der Waals surface area contributed by atoms with Crippen molar-refractivity contribution in [3.63, 3.8) is 0 Å². The number of hydrazine groups is 1. The SMILES string of the molecule is CCC=C1CCN(CC(=O)c2cccc3nn(C)cc23)CC1.CCCC1CCN(CC(=O)c2cccc3nn(C)cc23)CC1.Cn1cc2c(C(=O)CN3CCC(=O)CC3)cccc2n1.Cn1cc2c(C(=O)CN3CCC(CC=O)CC3)cccc2n1.Cn1cc2c(C(=O)CN3CCC4(CC3)OCCO4)cccc2n1.NN1CCC2(CC1)OCCO2.O=C=O.O=C=O. The van der Waals surface area contributed by atoms with Gasteiger partial charge in [0.05, 0.1) is 86.7 Å². The molecule has 8 aliphatic heterocycles. The summed E-state index contributed by atoms with van der Waals surface area (Å²) in [6.07, 6.45) is 29.0. The van der Waals surface area contributed by atoms with Crippen molar-refractivity contribution in [2.45, 2.75) is 128 Å². The minimum absolute atomic E-state index is 0.0953. The van der Waals surface area contributed by atoms with Gasteiger partial charge >= 0.3 is 12.3 Å². The fraction of sp³-hybridized carbons (Fsp3) is 0.511. The number of piperidine rings is 6. The molecular weight excluding hydrogens is 1610 g/mol. The summed E-state index contributed by atoms with van der Waals surface area (Å²) < 4.78 is 31.3. The summed E-state index contributed by atoms with van der Waals surface area (Å²) in [6, 6.07) is 28.6. The maximum Gasteiger partial charge on any atom is 0.373 e. The van der Waals surface area contributed by atoms with Crippen LogP contribution in [0.3, 0.4) is 0 Å². The Bertz CT molecular complexity index is 5380. The Labute approximate surface area is 734 Å². The minimum atomic E-state index is -0.386. The van der Waals surface area contributed by atoms with Gasteiger partial charge < -0.3 is 23.7 Å². The molecule has 5 aromatic heterocycles. The normalized spacial score (nSPS) is 18.2.